The maximum absolute atomic E-state index is 12.2. The maximum Gasteiger partial charge on any atom is 0.322 e. The lowest BCUT2D eigenvalue weighted by Crippen LogP contribution is -2.14. The number of hydrogen-bond donors (Lipinski definition) is 1. The van der Waals surface area contributed by atoms with Crippen molar-refractivity contribution in [1.29, 1.82) is 0 Å². The Kier molecular flexibility index (Phi) is 4.16. The van der Waals surface area contributed by atoms with Gasteiger partial charge in [-0.05, 0) is 37.5 Å². The summed E-state index contributed by atoms with van der Waals surface area (Å²) < 4.78 is 7.09. The Morgan fingerprint density at radius 2 is 1.96 bits per heavy atom. The molecule has 7 heteroatoms. The Hall–Kier alpha value is -2.96. The van der Waals surface area contributed by atoms with Crippen LogP contribution in [0.5, 0.6) is 0 Å². The molecule has 2 heterocycles. The number of benzene rings is 1. The standard InChI is InChI=1S/C17H19N5O2/c1-10-5-6-13(7-11(10)2)8-14-19-20-17(24-14)18-16(23)15-12(3)9-22(4)21-15/h5-7,9H,8H2,1-4H3,(H,18,20,23). The maximum atomic E-state index is 12.2. The molecule has 24 heavy (non-hydrogen) atoms. The van der Waals surface area contributed by atoms with Gasteiger partial charge in [-0.1, -0.05) is 23.3 Å². The van der Waals surface area contributed by atoms with Gasteiger partial charge in [0.2, 0.25) is 5.89 Å². The van der Waals surface area contributed by atoms with Crippen LogP contribution in [-0.4, -0.2) is 25.9 Å². The van der Waals surface area contributed by atoms with Gasteiger partial charge in [-0.15, -0.1) is 5.10 Å². The van der Waals surface area contributed by atoms with E-state index in [9.17, 15) is 4.79 Å². The fourth-order valence-electron chi connectivity index (χ4n) is 2.45. The minimum absolute atomic E-state index is 0.0730. The van der Waals surface area contributed by atoms with E-state index in [-0.39, 0.29) is 11.9 Å². The van der Waals surface area contributed by atoms with Crippen LogP contribution in [0.1, 0.15) is 38.6 Å². The van der Waals surface area contributed by atoms with Crippen molar-refractivity contribution in [3.8, 4) is 0 Å². The first-order valence-corrected chi connectivity index (χ1v) is 7.62. The summed E-state index contributed by atoms with van der Waals surface area (Å²) in [6.45, 7) is 5.95. The number of aryl methyl sites for hydroxylation is 4. The van der Waals surface area contributed by atoms with Crippen LogP contribution in [-0.2, 0) is 13.5 Å². The molecule has 2 aromatic heterocycles. The van der Waals surface area contributed by atoms with Gasteiger partial charge < -0.3 is 4.42 Å². The van der Waals surface area contributed by atoms with Crippen molar-refractivity contribution in [3.63, 3.8) is 0 Å². The molecule has 1 N–H and O–H groups in total. The number of carbonyl (C=O) groups excluding carboxylic acids is 1. The zero-order valence-corrected chi connectivity index (χ0v) is 14.1. The van der Waals surface area contributed by atoms with Crippen molar-refractivity contribution in [2.24, 2.45) is 7.05 Å². The number of aromatic nitrogens is 4. The second-order valence-electron chi connectivity index (χ2n) is 5.88. The zero-order valence-electron chi connectivity index (χ0n) is 14.1. The SMILES string of the molecule is Cc1ccc(Cc2nnc(NC(=O)c3nn(C)cc3C)o2)cc1C. The summed E-state index contributed by atoms with van der Waals surface area (Å²) in [7, 11) is 1.76. The van der Waals surface area contributed by atoms with Gasteiger partial charge in [0, 0.05) is 18.8 Å². The summed E-state index contributed by atoms with van der Waals surface area (Å²) in [5.74, 6) is 0.0841. The van der Waals surface area contributed by atoms with Gasteiger partial charge in [-0.2, -0.15) is 5.10 Å². The van der Waals surface area contributed by atoms with Gasteiger partial charge in [0.1, 0.15) is 0 Å². The van der Waals surface area contributed by atoms with E-state index in [1.165, 1.54) is 11.1 Å². The summed E-state index contributed by atoms with van der Waals surface area (Å²) in [6.07, 6.45) is 2.29. The topological polar surface area (TPSA) is 85.8 Å². The summed E-state index contributed by atoms with van der Waals surface area (Å²) in [5.41, 5.74) is 4.66. The Morgan fingerprint density at radius 3 is 2.62 bits per heavy atom. The van der Waals surface area contributed by atoms with Crippen LogP contribution in [0.15, 0.2) is 28.8 Å². The van der Waals surface area contributed by atoms with Gasteiger partial charge in [0.05, 0.1) is 6.42 Å². The molecule has 0 aliphatic rings. The molecule has 1 aromatic carbocycles. The molecule has 3 aromatic rings. The molecule has 0 aliphatic carbocycles. The molecule has 0 spiro atoms. The number of hydrogen-bond acceptors (Lipinski definition) is 5. The van der Waals surface area contributed by atoms with Crippen molar-refractivity contribution in [2.45, 2.75) is 27.2 Å². The van der Waals surface area contributed by atoms with Crippen molar-refractivity contribution < 1.29 is 9.21 Å². The number of carbonyl (C=O) groups is 1. The van der Waals surface area contributed by atoms with Gasteiger partial charge in [-0.3, -0.25) is 14.8 Å². The van der Waals surface area contributed by atoms with Crippen LogP contribution in [0.2, 0.25) is 0 Å². The van der Waals surface area contributed by atoms with E-state index in [1.54, 1.807) is 17.9 Å². The zero-order chi connectivity index (χ0) is 17.3. The number of amides is 1. The molecular weight excluding hydrogens is 306 g/mol. The normalized spacial score (nSPS) is 10.8. The summed E-state index contributed by atoms with van der Waals surface area (Å²) in [4.78, 5) is 12.2. The number of anilines is 1. The van der Waals surface area contributed by atoms with Crippen LogP contribution in [0.25, 0.3) is 0 Å². The highest BCUT2D eigenvalue weighted by Crippen LogP contribution is 2.15. The monoisotopic (exact) mass is 325 g/mol. The smallest absolute Gasteiger partial charge is 0.322 e. The molecule has 124 valence electrons. The molecule has 7 nitrogen and oxygen atoms in total. The van der Waals surface area contributed by atoms with Crippen molar-refractivity contribution in [1.82, 2.24) is 20.0 Å². The first-order chi connectivity index (χ1) is 11.4. The molecule has 0 saturated carbocycles. The molecule has 0 aliphatic heterocycles. The lowest BCUT2D eigenvalue weighted by atomic mass is 10.0. The van der Waals surface area contributed by atoms with Gasteiger partial charge in [-0.25, -0.2) is 0 Å². The Morgan fingerprint density at radius 1 is 1.17 bits per heavy atom. The second kappa shape index (κ2) is 6.27. The Balaban J connectivity index is 1.70. The quantitative estimate of drug-likeness (QED) is 0.797. The Bertz CT molecular complexity index is 894. The third-order valence-electron chi connectivity index (χ3n) is 3.84. The van der Waals surface area contributed by atoms with Crippen LogP contribution in [0.3, 0.4) is 0 Å². The lowest BCUT2D eigenvalue weighted by Gasteiger charge is -2.02. The van der Waals surface area contributed by atoms with Crippen molar-refractivity contribution in [2.75, 3.05) is 5.32 Å². The van der Waals surface area contributed by atoms with Gasteiger partial charge >= 0.3 is 6.01 Å². The molecule has 3 rings (SSSR count). The van der Waals surface area contributed by atoms with E-state index in [4.69, 9.17) is 4.42 Å². The van der Waals surface area contributed by atoms with E-state index in [1.807, 2.05) is 13.0 Å². The minimum atomic E-state index is -0.366. The van der Waals surface area contributed by atoms with Gasteiger partial charge in [0.15, 0.2) is 5.69 Å². The molecule has 0 radical (unpaired) electrons. The fraction of sp³-hybridized carbons (Fsp3) is 0.294. The molecule has 0 unspecified atom stereocenters. The molecule has 0 bridgehead atoms. The fourth-order valence-corrected chi connectivity index (χ4v) is 2.45. The predicted molar refractivity (Wildman–Crippen MR) is 88.9 cm³/mol. The Labute approximate surface area is 139 Å². The molecule has 0 fully saturated rings. The molecule has 1 amide bonds. The molecule has 0 atom stereocenters. The number of nitrogens with one attached hydrogen (secondary N) is 1. The lowest BCUT2D eigenvalue weighted by molar-refractivity contribution is 0.101. The molecular formula is C17H19N5O2. The van der Waals surface area contributed by atoms with E-state index < -0.39 is 0 Å². The minimum Gasteiger partial charge on any atom is -0.407 e. The number of rotatable bonds is 4. The van der Waals surface area contributed by atoms with E-state index in [0.29, 0.717) is 18.0 Å². The van der Waals surface area contributed by atoms with Crippen LogP contribution >= 0.6 is 0 Å². The summed E-state index contributed by atoms with van der Waals surface area (Å²) >= 11 is 0. The van der Waals surface area contributed by atoms with Crippen molar-refractivity contribution >= 4 is 11.9 Å². The summed E-state index contributed by atoms with van der Waals surface area (Å²) in [6, 6.07) is 6.26. The largest absolute Gasteiger partial charge is 0.407 e. The third kappa shape index (κ3) is 3.34. The third-order valence-corrected chi connectivity index (χ3v) is 3.84. The summed E-state index contributed by atoms with van der Waals surface area (Å²) in [5, 5.41) is 14.5. The number of nitrogens with zero attached hydrogens (tertiary/aromatic N) is 4. The van der Waals surface area contributed by atoms with Gasteiger partial charge in [0.25, 0.3) is 5.91 Å². The highest BCUT2D eigenvalue weighted by Gasteiger charge is 2.16. The highest BCUT2D eigenvalue weighted by atomic mass is 16.4. The van der Waals surface area contributed by atoms with E-state index in [0.717, 1.165) is 11.1 Å². The van der Waals surface area contributed by atoms with Crippen LogP contribution in [0.4, 0.5) is 6.01 Å². The highest BCUT2D eigenvalue weighted by molar-refractivity contribution is 6.02. The second-order valence-corrected chi connectivity index (χ2v) is 5.88. The predicted octanol–water partition coefficient (Wildman–Crippen LogP) is 2.57. The first kappa shape index (κ1) is 15.9. The van der Waals surface area contributed by atoms with E-state index in [2.05, 4.69) is 46.6 Å². The van der Waals surface area contributed by atoms with E-state index >= 15 is 0 Å². The van der Waals surface area contributed by atoms with Crippen LogP contribution in [0, 0.1) is 20.8 Å². The average molecular weight is 325 g/mol. The van der Waals surface area contributed by atoms with Crippen molar-refractivity contribution in [3.05, 3.63) is 58.2 Å². The first-order valence-electron chi connectivity index (χ1n) is 7.62. The van der Waals surface area contributed by atoms with Crippen LogP contribution < -0.4 is 5.32 Å². The molecule has 0 saturated heterocycles. The average Bonchev–Trinajstić information content (AvgIpc) is 3.09.